The molecule has 4 nitrogen and oxygen atoms in total. The normalized spacial score (nSPS) is 20.1. The first kappa shape index (κ1) is 14.3. The fourth-order valence-corrected chi connectivity index (χ4v) is 2.79. The van der Waals surface area contributed by atoms with E-state index in [9.17, 15) is 13.2 Å². The third-order valence-electron chi connectivity index (χ3n) is 4.02. The number of nitrogen functional groups attached to an aromatic ring is 1. The van der Waals surface area contributed by atoms with Crippen LogP contribution in [0.4, 0.5) is 24.5 Å². The number of halogens is 3. The summed E-state index contributed by atoms with van der Waals surface area (Å²) in [4.78, 5) is 4.42. The lowest BCUT2D eigenvalue weighted by Crippen LogP contribution is -2.47. The number of anilines is 2. The summed E-state index contributed by atoms with van der Waals surface area (Å²) in [6, 6.07) is 3.01. The Hall–Kier alpha value is -1.63. The molecule has 2 N–H and O–H groups in total. The number of nitrogens with zero attached hydrogens (tertiary/aromatic N) is 2. The quantitative estimate of drug-likeness (QED) is 0.867. The maximum absolute atomic E-state index is 13.6. The van der Waals surface area contributed by atoms with Crippen molar-refractivity contribution in [1.29, 1.82) is 0 Å². The molecule has 0 radical (unpaired) electrons. The Morgan fingerprint density at radius 2 is 1.81 bits per heavy atom. The summed E-state index contributed by atoms with van der Waals surface area (Å²) in [5.41, 5.74) is 6.62. The summed E-state index contributed by atoms with van der Waals surface area (Å²) in [7, 11) is 0. The van der Waals surface area contributed by atoms with Gasteiger partial charge >= 0.3 is 6.61 Å². The van der Waals surface area contributed by atoms with E-state index in [2.05, 4.69) is 9.64 Å². The van der Waals surface area contributed by atoms with Crippen LogP contribution in [0.2, 0.25) is 0 Å². The Morgan fingerprint density at radius 3 is 2.38 bits per heavy atom. The van der Waals surface area contributed by atoms with Crippen LogP contribution >= 0.6 is 0 Å². The third-order valence-corrected chi connectivity index (χ3v) is 4.02. The summed E-state index contributed by atoms with van der Waals surface area (Å²) < 4.78 is 42.3. The smallest absolute Gasteiger partial charge is 0.387 e. The molecule has 1 aliphatic heterocycles. The summed E-state index contributed by atoms with van der Waals surface area (Å²) >= 11 is 0. The average molecular weight is 301 g/mol. The van der Waals surface area contributed by atoms with Crippen LogP contribution < -0.4 is 15.4 Å². The fourth-order valence-electron chi connectivity index (χ4n) is 2.79. The molecular formula is C14H18F3N3O. The second kappa shape index (κ2) is 5.63. The van der Waals surface area contributed by atoms with Crippen molar-refractivity contribution < 1.29 is 17.9 Å². The second-order valence-electron chi connectivity index (χ2n) is 5.47. The molecule has 0 spiro atoms. The molecule has 1 heterocycles. The summed E-state index contributed by atoms with van der Waals surface area (Å²) in [6.07, 6.45) is 2.51. The molecule has 21 heavy (non-hydrogen) atoms. The van der Waals surface area contributed by atoms with E-state index in [0.717, 1.165) is 32.2 Å². The first-order chi connectivity index (χ1) is 10.0. The molecule has 1 saturated heterocycles. The lowest BCUT2D eigenvalue weighted by atomic mass is 10.2. The van der Waals surface area contributed by atoms with Gasteiger partial charge in [0.1, 0.15) is 0 Å². The molecule has 1 saturated carbocycles. The van der Waals surface area contributed by atoms with Gasteiger partial charge in [0.15, 0.2) is 11.6 Å². The predicted molar refractivity (Wildman–Crippen MR) is 74.3 cm³/mol. The summed E-state index contributed by atoms with van der Waals surface area (Å²) in [6.45, 7) is 0.266. The lowest BCUT2D eigenvalue weighted by molar-refractivity contribution is -0.0521. The van der Waals surface area contributed by atoms with E-state index in [1.165, 1.54) is 18.9 Å². The average Bonchev–Trinajstić information content (AvgIpc) is 3.26. The number of hydrogen-bond acceptors (Lipinski definition) is 4. The molecule has 0 atom stereocenters. The zero-order chi connectivity index (χ0) is 15.0. The number of benzene rings is 1. The van der Waals surface area contributed by atoms with Gasteiger partial charge in [-0.1, -0.05) is 0 Å². The van der Waals surface area contributed by atoms with E-state index in [4.69, 9.17) is 5.73 Å². The third kappa shape index (κ3) is 3.18. The number of hydrogen-bond donors (Lipinski definition) is 1. The number of piperazine rings is 1. The van der Waals surface area contributed by atoms with Gasteiger partial charge in [0.05, 0.1) is 11.4 Å². The number of rotatable bonds is 4. The molecule has 1 aromatic carbocycles. The van der Waals surface area contributed by atoms with Gasteiger partial charge < -0.3 is 15.4 Å². The molecule has 116 valence electrons. The minimum Gasteiger partial charge on any atom is -0.432 e. The maximum Gasteiger partial charge on any atom is 0.387 e. The first-order valence-electron chi connectivity index (χ1n) is 7.07. The van der Waals surface area contributed by atoms with Crippen LogP contribution in [0.15, 0.2) is 12.1 Å². The molecule has 0 amide bonds. The SMILES string of the molecule is Nc1cc(F)c(OC(F)F)cc1N1CCN(C2CC2)CC1. The van der Waals surface area contributed by atoms with Crippen molar-refractivity contribution in [3.05, 3.63) is 17.9 Å². The molecule has 1 aromatic rings. The van der Waals surface area contributed by atoms with Crippen LogP contribution in [-0.2, 0) is 0 Å². The fraction of sp³-hybridized carbons (Fsp3) is 0.571. The largest absolute Gasteiger partial charge is 0.432 e. The summed E-state index contributed by atoms with van der Waals surface area (Å²) in [5, 5.41) is 0. The number of ether oxygens (including phenoxy) is 1. The molecule has 2 aliphatic rings. The van der Waals surface area contributed by atoms with E-state index in [1.54, 1.807) is 0 Å². The second-order valence-corrected chi connectivity index (χ2v) is 5.47. The van der Waals surface area contributed by atoms with Crippen LogP contribution in [0, 0.1) is 5.82 Å². The van der Waals surface area contributed by atoms with Crippen LogP contribution in [0.1, 0.15) is 12.8 Å². The Labute approximate surface area is 121 Å². The topological polar surface area (TPSA) is 41.7 Å². The highest BCUT2D eigenvalue weighted by Crippen LogP contribution is 2.34. The zero-order valence-electron chi connectivity index (χ0n) is 11.6. The van der Waals surface area contributed by atoms with E-state index < -0.39 is 18.2 Å². The van der Waals surface area contributed by atoms with Gasteiger partial charge in [-0.25, -0.2) is 4.39 Å². The van der Waals surface area contributed by atoms with Crippen LogP contribution in [0.5, 0.6) is 5.75 Å². The van der Waals surface area contributed by atoms with E-state index >= 15 is 0 Å². The van der Waals surface area contributed by atoms with Gasteiger partial charge in [0, 0.05) is 44.4 Å². The Bertz CT molecular complexity index is 514. The molecule has 0 aromatic heterocycles. The maximum atomic E-state index is 13.6. The van der Waals surface area contributed by atoms with Gasteiger partial charge in [0.25, 0.3) is 0 Å². The van der Waals surface area contributed by atoms with Crippen LogP contribution in [-0.4, -0.2) is 43.7 Å². The molecule has 1 aliphatic carbocycles. The number of alkyl halides is 2. The van der Waals surface area contributed by atoms with Crippen LogP contribution in [0.3, 0.4) is 0 Å². The van der Waals surface area contributed by atoms with Gasteiger partial charge in [-0.3, -0.25) is 4.90 Å². The lowest BCUT2D eigenvalue weighted by Gasteiger charge is -2.36. The minimum atomic E-state index is -3.05. The van der Waals surface area contributed by atoms with Gasteiger partial charge in [0.2, 0.25) is 0 Å². The molecule has 0 unspecified atom stereocenters. The highest BCUT2D eigenvalue weighted by molar-refractivity contribution is 5.70. The Morgan fingerprint density at radius 1 is 1.14 bits per heavy atom. The Balaban J connectivity index is 1.74. The van der Waals surface area contributed by atoms with Crippen molar-refractivity contribution >= 4 is 11.4 Å². The monoisotopic (exact) mass is 301 g/mol. The Kier molecular flexibility index (Phi) is 3.84. The molecule has 0 bridgehead atoms. The van der Waals surface area contributed by atoms with Crippen LogP contribution in [0.25, 0.3) is 0 Å². The van der Waals surface area contributed by atoms with E-state index in [1.807, 2.05) is 4.90 Å². The molecule has 7 heteroatoms. The van der Waals surface area contributed by atoms with Crippen molar-refractivity contribution in [3.63, 3.8) is 0 Å². The summed E-state index contributed by atoms with van der Waals surface area (Å²) in [5.74, 6) is -1.33. The zero-order valence-corrected chi connectivity index (χ0v) is 11.6. The minimum absolute atomic E-state index is 0.244. The molecular weight excluding hydrogens is 283 g/mol. The van der Waals surface area contributed by atoms with Gasteiger partial charge in [-0.2, -0.15) is 8.78 Å². The highest BCUT2D eigenvalue weighted by atomic mass is 19.3. The van der Waals surface area contributed by atoms with Crippen molar-refractivity contribution in [2.24, 2.45) is 0 Å². The van der Waals surface area contributed by atoms with Crippen molar-refractivity contribution in [1.82, 2.24) is 4.90 Å². The van der Waals surface area contributed by atoms with Gasteiger partial charge in [-0.15, -0.1) is 0 Å². The molecule has 3 rings (SSSR count). The van der Waals surface area contributed by atoms with Crippen molar-refractivity contribution in [3.8, 4) is 5.75 Å². The number of nitrogens with two attached hydrogens (primary N) is 1. The van der Waals surface area contributed by atoms with Crippen molar-refractivity contribution in [2.45, 2.75) is 25.5 Å². The van der Waals surface area contributed by atoms with E-state index in [-0.39, 0.29) is 5.69 Å². The first-order valence-corrected chi connectivity index (χ1v) is 7.07. The van der Waals surface area contributed by atoms with E-state index in [0.29, 0.717) is 11.7 Å². The van der Waals surface area contributed by atoms with Crippen molar-refractivity contribution in [2.75, 3.05) is 36.8 Å². The van der Waals surface area contributed by atoms with Gasteiger partial charge in [-0.05, 0) is 12.8 Å². The molecule has 2 fully saturated rings. The highest BCUT2D eigenvalue weighted by Gasteiger charge is 2.31. The standard InChI is InChI=1S/C14H18F3N3O/c15-10-7-11(18)12(8-13(10)21-14(16)17)20-5-3-19(4-6-20)9-1-2-9/h7-9,14H,1-6,18H2. The predicted octanol–water partition coefficient (Wildman–Crippen LogP) is 2.29.